The van der Waals surface area contributed by atoms with Gasteiger partial charge < -0.3 is 0 Å². The van der Waals surface area contributed by atoms with E-state index in [1.54, 1.807) is 18.2 Å². The second-order valence-corrected chi connectivity index (χ2v) is 3.88. The van der Waals surface area contributed by atoms with Crippen molar-refractivity contribution in [3.05, 3.63) is 50.0 Å². The van der Waals surface area contributed by atoms with Gasteiger partial charge in [0, 0.05) is 16.6 Å². The molecular formula is C10H10Cl2N2O3. The number of halogens is 2. The summed E-state index contributed by atoms with van der Waals surface area (Å²) in [6.45, 7) is -0.314. The molecule has 0 radical (unpaired) electrons. The van der Waals surface area contributed by atoms with Gasteiger partial charge in [0.1, 0.15) is 0 Å². The number of nitro groups is 1. The van der Waals surface area contributed by atoms with Gasteiger partial charge in [-0.15, -0.1) is 0 Å². The van der Waals surface area contributed by atoms with Gasteiger partial charge in [-0.05, 0) is 12.1 Å². The third-order valence-corrected chi connectivity index (χ3v) is 2.63. The van der Waals surface area contributed by atoms with Crippen LogP contribution in [0.15, 0.2) is 24.3 Å². The van der Waals surface area contributed by atoms with E-state index < -0.39 is 4.92 Å². The lowest BCUT2D eigenvalue weighted by Gasteiger charge is -2.09. The first-order valence-corrected chi connectivity index (χ1v) is 5.36. The van der Waals surface area contributed by atoms with Crippen molar-refractivity contribution in [2.24, 2.45) is 0 Å². The van der Waals surface area contributed by atoms with Gasteiger partial charge in [0.05, 0.1) is 22.9 Å². The van der Waals surface area contributed by atoms with Crippen molar-refractivity contribution in [1.29, 1.82) is 0 Å². The second-order valence-electron chi connectivity index (χ2n) is 3.07. The quantitative estimate of drug-likeness (QED) is 0.664. The number of hydrogen-bond donors (Lipinski definition) is 1. The predicted molar refractivity (Wildman–Crippen MR) is 66.4 cm³/mol. The minimum Gasteiger partial charge on any atom is -0.279 e. The summed E-state index contributed by atoms with van der Waals surface area (Å²) in [7, 11) is 1.41. The molecule has 0 spiro atoms. The van der Waals surface area contributed by atoms with Crippen LogP contribution in [0.4, 0.5) is 0 Å². The zero-order chi connectivity index (χ0) is 12.8. The Morgan fingerprint density at radius 3 is 2.76 bits per heavy atom. The van der Waals surface area contributed by atoms with Crippen molar-refractivity contribution >= 4 is 28.9 Å². The highest BCUT2D eigenvalue weighted by molar-refractivity contribution is 6.42. The Bertz CT molecular complexity index is 449. The maximum Gasteiger partial charge on any atom is 0.224 e. The fourth-order valence-corrected chi connectivity index (χ4v) is 1.46. The van der Waals surface area contributed by atoms with Crippen LogP contribution in [0, 0.1) is 10.1 Å². The molecule has 0 aliphatic rings. The van der Waals surface area contributed by atoms with E-state index in [0.717, 1.165) is 0 Å². The summed E-state index contributed by atoms with van der Waals surface area (Å²) in [6.07, 6.45) is 1.39. The number of hydroxylamine groups is 1. The first-order valence-electron chi connectivity index (χ1n) is 4.61. The molecule has 1 rings (SSSR count). The maximum atomic E-state index is 10.3. The average Bonchev–Trinajstić information content (AvgIpc) is 2.28. The largest absolute Gasteiger partial charge is 0.279 e. The molecule has 0 fully saturated rings. The molecule has 1 N–H and O–H groups in total. The summed E-state index contributed by atoms with van der Waals surface area (Å²) in [6, 6.07) is 4.89. The minimum atomic E-state index is -0.450. The molecule has 0 saturated carbocycles. The topological polar surface area (TPSA) is 64.4 Å². The molecule has 17 heavy (non-hydrogen) atoms. The zero-order valence-electron chi connectivity index (χ0n) is 8.94. The van der Waals surface area contributed by atoms with E-state index >= 15 is 0 Å². The maximum absolute atomic E-state index is 10.3. The first-order chi connectivity index (χ1) is 8.04. The van der Waals surface area contributed by atoms with E-state index in [-0.39, 0.29) is 6.54 Å². The summed E-state index contributed by atoms with van der Waals surface area (Å²) in [4.78, 5) is 14.6. The molecular weight excluding hydrogens is 267 g/mol. The Morgan fingerprint density at radius 1 is 1.53 bits per heavy atom. The Kier molecular flexibility index (Phi) is 5.21. The predicted octanol–water partition coefficient (Wildman–Crippen LogP) is 2.76. The summed E-state index contributed by atoms with van der Waals surface area (Å²) in [5, 5.41) is 11.1. The van der Waals surface area contributed by atoms with Crippen LogP contribution in [0.5, 0.6) is 0 Å². The third kappa shape index (κ3) is 4.22. The molecule has 0 amide bonds. The van der Waals surface area contributed by atoms with Crippen LogP contribution < -0.4 is 5.48 Å². The lowest BCUT2D eigenvalue weighted by Crippen LogP contribution is -2.12. The first kappa shape index (κ1) is 13.8. The van der Waals surface area contributed by atoms with Crippen LogP contribution in [0.2, 0.25) is 10.0 Å². The van der Waals surface area contributed by atoms with E-state index in [0.29, 0.717) is 21.3 Å². The van der Waals surface area contributed by atoms with E-state index in [1.165, 1.54) is 13.2 Å². The third-order valence-electron chi connectivity index (χ3n) is 1.89. The monoisotopic (exact) mass is 276 g/mol. The second kappa shape index (κ2) is 6.44. The molecule has 0 bridgehead atoms. The summed E-state index contributed by atoms with van der Waals surface area (Å²) in [5.74, 6) is 0. The summed E-state index contributed by atoms with van der Waals surface area (Å²) < 4.78 is 0. The van der Waals surface area contributed by atoms with E-state index in [9.17, 15) is 10.1 Å². The van der Waals surface area contributed by atoms with Crippen molar-refractivity contribution in [2.75, 3.05) is 13.7 Å². The van der Waals surface area contributed by atoms with E-state index in [2.05, 4.69) is 5.48 Å². The summed E-state index contributed by atoms with van der Waals surface area (Å²) in [5.41, 5.74) is 3.67. The Balaban J connectivity index is 3.00. The molecule has 0 unspecified atom stereocenters. The van der Waals surface area contributed by atoms with Gasteiger partial charge in [-0.25, -0.2) is 0 Å². The minimum absolute atomic E-state index is 0.314. The van der Waals surface area contributed by atoms with Crippen molar-refractivity contribution in [3.8, 4) is 0 Å². The molecule has 0 heterocycles. The smallest absolute Gasteiger partial charge is 0.224 e. The molecule has 1 aromatic carbocycles. The van der Waals surface area contributed by atoms with Crippen LogP contribution in [-0.4, -0.2) is 18.6 Å². The van der Waals surface area contributed by atoms with E-state index in [1.807, 2.05) is 0 Å². The lowest BCUT2D eigenvalue weighted by molar-refractivity contribution is -0.468. The van der Waals surface area contributed by atoms with Crippen LogP contribution in [-0.2, 0) is 4.84 Å². The Morgan fingerprint density at radius 2 is 2.24 bits per heavy atom. The number of nitrogens with zero attached hydrogens (tertiary/aromatic N) is 1. The van der Waals surface area contributed by atoms with Crippen molar-refractivity contribution in [1.82, 2.24) is 5.48 Å². The van der Waals surface area contributed by atoms with Crippen LogP contribution in [0.25, 0.3) is 5.70 Å². The molecule has 0 aliphatic heterocycles. The number of hydrogen-bond acceptors (Lipinski definition) is 4. The van der Waals surface area contributed by atoms with Gasteiger partial charge in [0.2, 0.25) is 6.54 Å². The van der Waals surface area contributed by atoms with Gasteiger partial charge >= 0.3 is 0 Å². The average molecular weight is 277 g/mol. The SMILES string of the molecule is CON/C(=C\C[N+](=O)[O-])c1ccc(Cl)c(Cl)c1. The van der Waals surface area contributed by atoms with Crippen molar-refractivity contribution in [2.45, 2.75) is 0 Å². The zero-order valence-corrected chi connectivity index (χ0v) is 10.5. The highest BCUT2D eigenvalue weighted by atomic mass is 35.5. The van der Waals surface area contributed by atoms with Crippen LogP contribution in [0.1, 0.15) is 5.56 Å². The Hall–Kier alpha value is -1.30. The van der Waals surface area contributed by atoms with Gasteiger partial charge in [-0.1, -0.05) is 29.3 Å². The van der Waals surface area contributed by atoms with Crippen LogP contribution >= 0.6 is 23.2 Å². The number of nitrogens with one attached hydrogen (secondary N) is 1. The fourth-order valence-electron chi connectivity index (χ4n) is 1.16. The molecule has 5 nitrogen and oxygen atoms in total. The normalized spacial score (nSPS) is 11.4. The highest BCUT2D eigenvalue weighted by Gasteiger charge is 2.06. The lowest BCUT2D eigenvalue weighted by atomic mass is 10.1. The molecule has 92 valence electrons. The van der Waals surface area contributed by atoms with Gasteiger partial charge in [-0.3, -0.25) is 20.4 Å². The van der Waals surface area contributed by atoms with Crippen LogP contribution in [0.3, 0.4) is 0 Å². The molecule has 1 aromatic rings. The fraction of sp³-hybridized carbons (Fsp3) is 0.200. The Labute approximate surface area is 108 Å². The number of benzene rings is 1. The van der Waals surface area contributed by atoms with Crippen molar-refractivity contribution in [3.63, 3.8) is 0 Å². The van der Waals surface area contributed by atoms with Gasteiger partial charge in [0.25, 0.3) is 0 Å². The molecule has 0 aliphatic carbocycles. The standard InChI is InChI=1S/C10H10Cl2N2O3/c1-17-13-10(4-5-14(15)16)7-2-3-8(11)9(12)6-7/h2-4,6,13H,5H2,1H3/b10-4-. The number of rotatable bonds is 5. The summed E-state index contributed by atoms with van der Waals surface area (Å²) >= 11 is 11.6. The molecule has 0 saturated heterocycles. The molecule has 0 aromatic heterocycles. The molecule has 7 heteroatoms. The van der Waals surface area contributed by atoms with Crippen molar-refractivity contribution < 1.29 is 9.76 Å². The van der Waals surface area contributed by atoms with Gasteiger partial charge in [0.15, 0.2) is 0 Å². The highest BCUT2D eigenvalue weighted by Crippen LogP contribution is 2.25. The van der Waals surface area contributed by atoms with E-state index in [4.69, 9.17) is 28.0 Å². The molecule has 0 atom stereocenters. The van der Waals surface area contributed by atoms with Gasteiger partial charge in [-0.2, -0.15) is 0 Å².